The van der Waals surface area contributed by atoms with Crippen molar-refractivity contribution in [2.75, 3.05) is 11.4 Å². The molecular weight excluding hydrogens is 342 g/mol. The molecule has 5 heteroatoms. The van der Waals surface area contributed by atoms with E-state index in [1.807, 2.05) is 18.2 Å². The summed E-state index contributed by atoms with van der Waals surface area (Å²) in [5.74, 6) is -0.810. The predicted molar refractivity (Wildman–Crippen MR) is 84.5 cm³/mol. The van der Waals surface area contributed by atoms with E-state index in [1.54, 1.807) is 24.8 Å². The van der Waals surface area contributed by atoms with Crippen LogP contribution in [-0.2, 0) is 9.59 Å². The molecule has 3 nitrogen and oxygen atoms in total. The summed E-state index contributed by atoms with van der Waals surface area (Å²) >= 11 is 9.50. The molecule has 0 N–H and O–H groups in total. The van der Waals surface area contributed by atoms with E-state index in [2.05, 4.69) is 15.9 Å². The summed E-state index contributed by atoms with van der Waals surface area (Å²) in [5.41, 5.74) is 0.684. The minimum atomic E-state index is -0.684. The number of piperidine rings is 1. The highest BCUT2D eigenvalue weighted by Gasteiger charge is 2.40. The van der Waals surface area contributed by atoms with Crippen LogP contribution in [0.3, 0.4) is 0 Å². The van der Waals surface area contributed by atoms with Gasteiger partial charge in [-0.1, -0.05) is 39.7 Å². The van der Waals surface area contributed by atoms with Crippen molar-refractivity contribution in [2.24, 2.45) is 5.92 Å². The molecule has 0 unspecified atom stereocenters. The molecule has 1 fully saturated rings. The smallest absolute Gasteiger partial charge is 0.237 e. The number of nitrogens with zero attached hydrogens (tertiary/aromatic N) is 1. The Hall–Kier alpha value is -0.870. The summed E-state index contributed by atoms with van der Waals surface area (Å²) < 4.78 is -0.684. The van der Waals surface area contributed by atoms with Gasteiger partial charge in [0.15, 0.2) is 5.78 Å². The number of rotatable bonds is 3. The van der Waals surface area contributed by atoms with E-state index in [0.29, 0.717) is 23.7 Å². The first-order valence-corrected chi connectivity index (χ1v) is 7.78. The average Bonchev–Trinajstić information content (AvgIpc) is 2.38. The van der Waals surface area contributed by atoms with Crippen LogP contribution in [0.1, 0.15) is 26.7 Å². The van der Waals surface area contributed by atoms with Gasteiger partial charge < -0.3 is 4.90 Å². The van der Waals surface area contributed by atoms with Crippen LogP contribution in [0.15, 0.2) is 24.3 Å². The van der Waals surface area contributed by atoms with Crippen LogP contribution in [0.5, 0.6) is 0 Å². The van der Waals surface area contributed by atoms with Gasteiger partial charge in [0.1, 0.15) is 0 Å². The van der Waals surface area contributed by atoms with Gasteiger partial charge in [-0.05, 0) is 38.8 Å². The van der Waals surface area contributed by atoms with Gasteiger partial charge in [0.25, 0.3) is 0 Å². The van der Waals surface area contributed by atoms with Gasteiger partial charge in [0.05, 0.1) is 21.0 Å². The zero-order valence-corrected chi connectivity index (χ0v) is 13.9. The number of carbonyl (C=O) groups excluding carboxylic acids is 2. The molecular formula is C15H17BrClNO2. The number of hydrogen-bond acceptors (Lipinski definition) is 2. The summed E-state index contributed by atoms with van der Waals surface area (Å²) in [4.78, 5) is 26.6. The number of hydrogen-bond donors (Lipinski definition) is 0. The molecule has 0 saturated carbocycles. The Balaban J connectivity index is 2.28. The lowest BCUT2D eigenvalue weighted by atomic mass is 9.87. The first kappa shape index (κ1) is 15.5. The molecule has 108 valence electrons. The number of halogens is 2. The molecule has 0 aliphatic carbocycles. The van der Waals surface area contributed by atoms with Crippen molar-refractivity contribution in [1.29, 1.82) is 0 Å². The molecule has 1 atom stereocenters. The topological polar surface area (TPSA) is 37.4 Å². The van der Waals surface area contributed by atoms with Gasteiger partial charge in [0.2, 0.25) is 5.91 Å². The van der Waals surface area contributed by atoms with Crippen molar-refractivity contribution >= 4 is 44.9 Å². The lowest BCUT2D eigenvalue weighted by Crippen LogP contribution is -2.48. The molecule has 0 spiro atoms. The van der Waals surface area contributed by atoms with Crippen LogP contribution in [0.2, 0.25) is 5.02 Å². The van der Waals surface area contributed by atoms with Gasteiger partial charge >= 0.3 is 0 Å². The Kier molecular flexibility index (Phi) is 4.55. The van der Waals surface area contributed by atoms with Crippen LogP contribution >= 0.6 is 27.5 Å². The number of amides is 1. The van der Waals surface area contributed by atoms with Crippen LogP contribution < -0.4 is 4.90 Å². The van der Waals surface area contributed by atoms with Crippen LogP contribution in [-0.4, -0.2) is 22.6 Å². The Morgan fingerprint density at radius 3 is 2.65 bits per heavy atom. The molecule has 0 aromatic heterocycles. The van der Waals surface area contributed by atoms with E-state index in [0.717, 1.165) is 6.42 Å². The van der Waals surface area contributed by atoms with Gasteiger partial charge in [0, 0.05) is 6.54 Å². The maximum Gasteiger partial charge on any atom is 0.237 e. The highest BCUT2D eigenvalue weighted by molar-refractivity contribution is 9.10. The molecule has 1 aliphatic heterocycles. The van der Waals surface area contributed by atoms with Crippen LogP contribution in [0.4, 0.5) is 5.69 Å². The number of carbonyl (C=O) groups is 2. The second-order valence-electron chi connectivity index (χ2n) is 5.47. The van der Waals surface area contributed by atoms with Crippen molar-refractivity contribution in [1.82, 2.24) is 0 Å². The minimum absolute atomic E-state index is 0.0701. The third-order valence-corrected chi connectivity index (χ3v) is 4.19. The summed E-state index contributed by atoms with van der Waals surface area (Å²) in [5, 5.41) is 0.534. The zero-order chi connectivity index (χ0) is 14.9. The summed E-state index contributed by atoms with van der Waals surface area (Å²) in [6.45, 7) is 4.16. The SMILES string of the molecule is CC(C)(Br)C(=O)[C@H]1CCCN(c2ccccc2Cl)C1=O. The average molecular weight is 359 g/mol. The van der Waals surface area contributed by atoms with Crippen molar-refractivity contribution in [3.63, 3.8) is 0 Å². The second kappa shape index (κ2) is 5.86. The fraction of sp³-hybridized carbons (Fsp3) is 0.467. The Bertz CT molecular complexity index is 539. The summed E-state index contributed by atoms with van der Waals surface area (Å²) in [6, 6.07) is 7.23. The standard InChI is InChI=1S/C15H17BrClNO2/c1-15(2,16)13(19)10-6-5-9-18(14(10)20)12-8-4-3-7-11(12)17/h3-4,7-8,10H,5-6,9H2,1-2H3/t10-/m1/s1. The monoisotopic (exact) mass is 357 g/mol. The molecule has 20 heavy (non-hydrogen) atoms. The largest absolute Gasteiger partial charge is 0.310 e. The fourth-order valence-electron chi connectivity index (χ4n) is 2.44. The number of para-hydroxylation sites is 1. The van der Waals surface area contributed by atoms with Crippen LogP contribution in [0, 0.1) is 5.92 Å². The van der Waals surface area contributed by atoms with Crippen LogP contribution in [0.25, 0.3) is 0 Å². The maximum atomic E-state index is 12.6. The zero-order valence-electron chi connectivity index (χ0n) is 11.5. The van der Waals surface area contributed by atoms with E-state index in [-0.39, 0.29) is 11.7 Å². The first-order chi connectivity index (χ1) is 9.32. The molecule has 0 radical (unpaired) electrons. The Morgan fingerprint density at radius 1 is 1.40 bits per heavy atom. The predicted octanol–water partition coefficient (Wildman–Crippen LogP) is 3.83. The Labute approximate surface area is 132 Å². The Morgan fingerprint density at radius 2 is 2.05 bits per heavy atom. The third-order valence-electron chi connectivity index (χ3n) is 3.48. The van der Waals surface area contributed by atoms with Crippen molar-refractivity contribution in [3.8, 4) is 0 Å². The highest BCUT2D eigenvalue weighted by atomic mass is 79.9. The van der Waals surface area contributed by atoms with Crippen molar-refractivity contribution in [3.05, 3.63) is 29.3 Å². The second-order valence-corrected chi connectivity index (χ2v) is 7.86. The fourth-order valence-corrected chi connectivity index (χ4v) is 2.96. The van der Waals surface area contributed by atoms with Crippen molar-refractivity contribution in [2.45, 2.75) is 31.0 Å². The third kappa shape index (κ3) is 3.07. The minimum Gasteiger partial charge on any atom is -0.310 e. The quantitative estimate of drug-likeness (QED) is 0.608. The lowest BCUT2D eigenvalue weighted by Gasteiger charge is -2.34. The molecule has 1 amide bonds. The maximum absolute atomic E-state index is 12.6. The van der Waals surface area contributed by atoms with E-state index in [1.165, 1.54) is 0 Å². The molecule has 1 aliphatic rings. The number of Topliss-reactive ketones (excluding diaryl/α,β-unsaturated/α-hetero) is 1. The molecule has 2 rings (SSSR count). The number of anilines is 1. The van der Waals surface area contributed by atoms with E-state index < -0.39 is 10.2 Å². The van der Waals surface area contributed by atoms with Gasteiger partial charge in [-0.15, -0.1) is 0 Å². The molecule has 0 bridgehead atoms. The first-order valence-electron chi connectivity index (χ1n) is 6.61. The molecule has 1 aromatic carbocycles. The summed E-state index contributed by atoms with van der Waals surface area (Å²) in [7, 11) is 0. The normalized spacial score (nSPS) is 20.1. The number of benzene rings is 1. The molecule has 1 saturated heterocycles. The molecule has 1 heterocycles. The summed E-state index contributed by atoms with van der Waals surface area (Å²) in [6.07, 6.45) is 1.41. The van der Waals surface area contributed by atoms with Gasteiger partial charge in [-0.25, -0.2) is 0 Å². The number of alkyl halides is 1. The van der Waals surface area contributed by atoms with E-state index in [9.17, 15) is 9.59 Å². The van der Waals surface area contributed by atoms with E-state index in [4.69, 9.17) is 11.6 Å². The van der Waals surface area contributed by atoms with Gasteiger partial charge in [-0.3, -0.25) is 9.59 Å². The number of ketones is 1. The lowest BCUT2D eigenvalue weighted by molar-refractivity contribution is -0.134. The van der Waals surface area contributed by atoms with Gasteiger partial charge in [-0.2, -0.15) is 0 Å². The molecule has 1 aromatic rings. The van der Waals surface area contributed by atoms with E-state index >= 15 is 0 Å². The van der Waals surface area contributed by atoms with Crippen molar-refractivity contribution < 1.29 is 9.59 Å². The highest BCUT2D eigenvalue weighted by Crippen LogP contribution is 2.33.